The van der Waals surface area contributed by atoms with Crippen molar-refractivity contribution in [2.24, 2.45) is 0 Å². The first-order chi connectivity index (χ1) is 17.4. The van der Waals surface area contributed by atoms with Gasteiger partial charge in [-0.05, 0) is 37.3 Å². The fraction of sp³-hybridized carbons (Fsp3) is 0.125. The van der Waals surface area contributed by atoms with Crippen molar-refractivity contribution in [3.63, 3.8) is 0 Å². The van der Waals surface area contributed by atoms with Gasteiger partial charge in [0.25, 0.3) is 11.5 Å². The summed E-state index contributed by atoms with van der Waals surface area (Å²) in [5, 5.41) is 12.3. The van der Waals surface area contributed by atoms with E-state index < -0.39 is 11.5 Å². The molecule has 0 unspecified atom stereocenters. The van der Waals surface area contributed by atoms with Gasteiger partial charge in [-0.25, -0.2) is 4.68 Å². The maximum absolute atomic E-state index is 13.1. The molecule has 5 rings (SSSR count). The Morgan fingerprint density at radius 3 is 2.67 bits per heavy atom. The van der Waals surface area contributed by atoms with Gasteiger partial charge in [-0.3, -0.25) is 14.6 Å². The van der Waals surface area contributed by atoms with E-state index in [4.69, 9.17) is 21.1 Å². The monoisotopic (exact) mass is 505 g/mol. The number of aromatic amines is 1. The molecule has 5 aromatic rings. The molecule has 0 saturated carbocycles. The van der Waals surface area contributed by atoms with E-state index >= 15 is 0 Å². The summed E-state index contributed by atoms with van der Waals surface area (Å²) in [5.74, 6) is 0.847. The zero-order valence-electron chi connectivity index (χ0n) is 19.4. The highest BCUT2D eigenvalue weighted by Crippen LogP contribution is 2.26. The number of halogens is 1. The summed E-state index contributed by atoms with van der Waals surface area (Å²) in [6.45, 7) is 1.76. The zero-order chi connectivity index (χ0) is 25.4. The number of nitrogens with zero attached hydrogens (tertiary/aromatic N) is 5. The standard InChI is InChI=1S/C24H20ClN7O4/c1-13-9-20(27-22(33)17-8-7-16(35-2)11-19(17)36-3)32(30-13)24-28-21-18(23(34)29-24)12-26-31(21)15-6-4-5-14(25)10-15/h4-12H,1-3H3,(H,27,33)(H,28,29,34). The smallest absolute Gasteiger partial charge is 0.263 e. The number of ether oxygens (including phenoxy) is 2. The van der Waals surface area contributed by atoms with Crippen LogP contribution in [-0.2, 0) is 0 Å². The highest BCUT2D eigenvalue weighted by Gasteiger charge is 2.19. The maximum atomic E-state index is 13.1. The Balaban J connectivity index is 1.57. The lowest BCUT2D eigenvalue weighted by molar-refractivity contribution is 0.102. The van der Waals surface area contributed by atoms with Crippen LogP contribution in [0.3, 0.4) is 0 Å². The molecule has 182 valence electrons. The Morgan fingerprint density at radius 1 is 1.08 bits per heavy atom. The number of hydrogen-bond donors (Lipinski definition) is 2. The first kappa shape index (κ1) is 23.1. The van der Waals surface area contributed by atoms with Crippen LogP contribution >= 0.6 is 11.6 Å². The number of anilines is 1. The molecule has 1 amide bonds. The van der Waals surface area contributed by atoms with Crippen LogP contribution in [0.25, 0.3) is 22.7 Å². The Hall–Kier alpha value is -4.64. The second kappa shape index (κ2) is 9.19. The highest BCUT2D eigenvalue weighted by atomic mass is 35.5. The number of H-pyrrole nitrogens is 1. The maximum Gasteiger partial charge on any atom is 0.263 e. The summed E-state index contributed by atoms with van der Waals surface area (Å²) < 4.78 is 13.4. The van der Waals surface area contributed by atoms with E-state index in [-0.39, 0.29) is 11.3 Å². The number of benzene rings is 2. The minimum atomic E-state index is -0.442. The van der Waals surface area contributed by atoms with Gasteiger partial charge in [0.15, 0.2) is 5.65 Å². The summed E-state index contributed by atoms with van der Waals surface area (Å²) in [5.41, 5.74) is 1.42. The lowest BCUT2D eigenvalue weighted by atomic mass is 10.1. The molecule has 0 fully saturated rings. The largest absolute Gasteiger partial charge is 0.497 e. The molecule has 0 bridgehead atoms. The minimum Gasteiger partial charge on any atom is -0.497 e. The molecule has 2 N–H and O–H groups in total. The average molecular weight is 506 g/mol. The van der Waals surface area contributed by atoms with Crippen LogP contribution in [0.5, 0.6) is 11.5 Å². The molecule has 0 atom stereocenters. The van der Waals surface area contributed by atoms with Crippen molar-refractivity contribution in [2.45, 2.75) is 6.92 Å². The normalized spacial score (nSPS) is 11.0. The van der Waals surface area contributed by atoms with Crippen LogP contribution < -0.4 is 20.3 Å². The molecule has 0 spiro atoms. The highest BCUT2D eigenvalue weighted by molar-refractivity contribution is 6.30. The van der Waals surface area contributed by atoms with Crippen molar-refractivity contribution in [1.82, 2.24) is 29.5 Å². The third-order valence-corrected chi connectivity index (χ3v) is 5.64. The lowest BCUT2D eigenvalue weighted by Crippen LogP contribution is -2.19. The third kappa shape index (κ3) is 4.16. The molecule has 3 aromatic heterocycles. The Bertz CT molecular complexity index is 1670. The minimum absolute atomic E-state index is 0.0985. The zero-order valence-corrected chi connectivity index (χ0v) is 20.2. The average Bonchev–Trinajstić information content (AvgIpc) is 3.47. The van der Waals surface area contributed by atoms with E-state index in [1.165, 1.54) is 29.8 Å². The van der Waals surface area contributed by atoms with Gasteiger partial charge >= 0.3 is 0 Å². The van der Waals surface area contributed by atoms with Gasteiger partial charge in [0, 0.05) is 17.2 Å². The molecule has 2 aromatic carbocycles. The van der Waals surface area contributed by atoms with E-state index in [1.54, 1.807) is 55.5 Å². The molecule has 3 heterocycles. The number of fused-ring (bicyclic) bond motifs is 1. The van der Waals surface area contributed by atoms with E-state index in [9.17, 15) is 9.59 Å². The SMILES string of the molecule is COc1ccc(C(=O)Nc2cc(C)nn2-c2nc3c(cnn3-c3cccc(Cl)c3)c(=O)[nH]2)c(OC)c1. The van der Waals surface area contributed by atoms with E-state index in [0.717, 1.165) is 0 Å². The number of amides is 1. The van der Waals surface area contributed by atoms with Gasteiger partial charge in [-0.1, -0.05) is 17.7 Å². The molecule has 12 heteroatoms. The van der Waals surface area contributed by atoms with Crippen molar-refractivity contribution in [3.05, 3.63) is 81.4 Å². The van der Waals surface area contributed by atoms with Gasteiger partial charge < -0.3 is 14.8 Å². The molecule has 0 aliphatic carbocycles. The van der Waals surface area contributed by atoms with Gasteiger partial charge in [0.1, 0.15) is 22.7 Å². The van der Waals surface area contributed by atoms with Crippen molar-refractivity contribution < 1.29 is 14.3 Å². The van der Waals surface area contributed by atoms with Gasteiger partial charge in [0.05, 0.1) is 37.4 Å². The summed E-state index contributed by atoms with van der Waals surface area (Å²) in [6.07, 6.45) is 1.43. The van der Waals surface area contributed by atoms with Crippen LogP contribution in [0.15, 0.2) is 59.5 Å². The second-order valence-corrected chi connectivity index (χ2v) is 8.20. The Morgan fingerprint density at radius 2 is 1.92 bits per heavy atom. The van der Waals surface area contributed by atoms with Gasteiger partial charge in [-0.15, -0.1) is 0 Å². The first-order valence-electron chi connectivity index (χ1n) is 10.7. The fourth-order valence-corrected chi connectivity index (χ4v) is 3.91. The van der Waals surface area contributed by atoms with Gasteiger partial charge in [0.2, 0.25) is 5.95 Å². The number of aromatic nitrogens is 6. The van der Waals surface area contributed by atoms with E-state index in [2.05, 4.69) is 25.5 Å². The van der Waals surface area contributed by atoms with Crippen LogP contribution in [0.2, 0.25) is 5.02 Å². The number of rotatable bonds is 6. The first-order valence-corrected chi connectivity index (χ1v) is 11.1. The molecular formula is C24H20ClN7O4. The van der Waals surface area contributed by atoms with Crippen LogP contribution in [0.1, 0.15) is 16.1 Å². The number of nitrogens with one attached hydrogen (secondary N) is 2. The summed E-state index contributed by atoms with van der Waals surface area (Å²) in [6, 6.07) is 13.5. The van der Waals surface area contributed by atoms with Crippen LogP contribution in [0, 0.1) is 6.92 Å². The van der Waals surface area contributed by atoms with E-state index in [0.29, 0.717) is 44.9 Å². The Kier molecular flexibility index (Phi) is 5.90. The molecular weight excluding hydrogens is 486 g/mol. The van der Waals surface area contributed by atoms with Crippen molar-refractivity contribution in [2.75, 3.05) is 19.5 Å². The molecule has 0 radical (unpaired) electrons. The Labute approximate surface area is 209 Å². The summed E-state index contributed by atoms with van der Waals surface area (Å²) >= 11 is 6.13. The van der Waals surface area contributed by atoms with E-state index in [1.807, 2.05) is 0 Å². The van der Waals surface area contributed by atoms with Crippen LogP contribution in [0.4, 0.5) is 5.82 Å². The molecule has 0 aliphatic heterocycles. The fourth-order valence-electron chi connectivity index (χ4n) is 3.72. The number of hydrogen-bond acceptors (Lipinski definition) is 7. The molecule has 11 nitrogen and oxygen atoms in total. The second-order valence-electron chi connectivity index (χ2n) is 7.77. The molecule has 0 saturated heterocycles. The third-order valence-electron chi connectivity index (χ3n) is 5.41. The van der Waals surface area contributed by atoms with Crippen molar-refractivity contribution in [1.29, 1.82) is 0 Å². The van der Waals surface area contributed by atoms with Crippen molar-refractivity contribution in [3.8, 4) is 23.1 Å². The lowest BCUT2D eigenvalue weighted by Gasteiger charge is -2.12. The van der Waals surface area contributed by atoms with Crippen LogP contribution in [-0.4, -0.2) is 49.7 Å². The summed E-state index contributed by atoms with van der Waals surface area (Å²) in [4.78, 5) is 33.3. The number of aryl methyl sites for hydroxylation is 1. The quantitative estimate of drug-likeness (QED) is 0.361. The number of methoxy groups -OCH3 is 2. The molecule has 36 heavy (non-hydrogen) atoms. The summed E-state index contributed by atoms with van der Waals surface area (Å²) in [7, 11) is 2.99. The topological polar surface area (TPSA) is 129 Å². The van der Waals surface area contributed by atoms with Crippen molar-refractivity contribution >= 4 is 34.4 Å². The predicted molar refractivity (Wildman–Crippen MR) is 134 cm³/mol. The van der Waals surface area contributed by atoms with Gasteiger partial charge in [-0.2, -0.15) is 19.9 Å². The molecule has 0 aliphatic rings. The number of carbonyl (C=O) groups excluding carboxylic acids is 1. The predicted octanol–water partition coefficient (Wildman–Crippen LogP) is 3.53. The number of carbonyl (C=O) groups is 1.